The topological polar surface area (TPSA) is 64.0 Å². The van der Waals surface area contributed by atoms with Crippen LogP contribution in [0.25, 0.3) is 5.57 Å². The first-order valence-electron chi connectivity index (χ1n) is 8.32. The van der Waals surface area contributed by atoms with Gasteiger partial charge in [0.2, 0.25) is 5.91 Å². The van der Waals surface area contributed by atoms with E-state index in [1.54, 1.807) is 18.0 Å². The number of nitrogens with one attached hydrogen (secondary N) is 1. The van der Waals surface area contributed by atoms with E-state index in [0.717, 1.165) is 28.5 Å². The van der Waals surface area contributed by atoms with Gasteiger partial charge in [0, 0.05) is 43.7 Å². The molecule has 2 aromatic rings. The molecule has 1 aliphatic rings. The molecule has 6 heteroatoms. The molecule has 1 amide bonds. The van der Waals surface area contributed by atoms with Crippen molar-refractivity contribution in [3.05, 3.63) is 53.9 Å². The highest BCUT2D eigenvalue weighted by Gasteiger charge is 2.25. The Morgan fingerprint density at radius 1 is 1.28 bits per heavy atom. The number of ketones is 1. The number of hydrogen-bond acceptors (Lipinski definition) is 4. The van der Waals surface area contributed by atoms with Crippen LogP contribution in [-0.2, 0) is 16.6 Å². The van der Waals surface area contributed by atoms with Gasteiger partial charge in [-0.25, -0.2) is 4.98 Å². The summed E-state index contributed by atoms with van der Waals surface area (Å²) in [6.45, 7) is 0.554. The fourth-order valence-electron chi connectivity index (χ4n) is 2.92. The Morgan fingerprint density at radius 3 is 2.80 bits per heavy atom. The van der Waals surface area contributed by atoms with Crippen LogP contribution < -0.4 is 5.32 Å². The number of hydrogen-bond donors (Lipinski definition) is 1. The summed E-state index contributed by atoms with van der Waals surface area (Å²) in [5.74, 6) is 0.741. The van der Waals surface area contributed by atoms with Crippen molar-refractivity contribution < 1.29 is 9.59 Å². The normalized spacial score (nSPS) is 14.2. The predicted octanol–water partition coefficient (Wildman–Crippen LogP) is 2.84. The molecule has 25 heavy (non-hydrogen) atoms. The van der Waals surface area contributed by atoms with Crippen LogP contribution in [0.4, 0.5) is 0 Å². The van der Waals surface area contributed by atoms with E-state index in [4.69, 9.17) is 0 Å². The van der Waals surface area contributed by atoms with Crippen molar-refractivity contribution in [1.29, 1.82) is 0 Å². The van der Waals surface area contributed by atoms with Gasteiger partial charge < -0.3 is 9.88 Å². The molecule has 1 N–H and O–H groups in total. The van der Waals surface area contributed by atoms with Crippen molar-refractivity contribution in [2.24, 2.45) is 7.05 Å². The Hall–Kier alpha value is -2.34. The summed E-state index contributed by atoms with van der Waals surface area (Å²) in [5, 5.41) is 3.83. The van der Waals surface area contributed by atoms with Crippen molar-refractivity contribution in [1.82, 2.24) is 14.9 Å². The van der Waals surface area contributed by atoms with Crippen LogP contribution in [0, 0.1) is 0 Å². The minimum absolute atomic E-state index is 0.0939. The Labute approximate surface area is 151 Å². The predicted molar refractivity (Wildman–Crippen MR) is 99.2 cm³/mol. The van der Waals surface area contributed by atoms with E-state index in [1.165, 1.54) is 0 Å². The molecule has 0 spiro atoms. The number of benzene rings is 1. The van der Waals surface area contributed by atoms with Gasteiger partial charge in [-0.3, -0.25) is 9.59 Å². The third-order valence-corrected chi connectivity index (χ3v) is 5.25. The molecule has 0 bridgehead atoms. The molecular weight excluding hydrogens is 334 g/mol. The smallest absolute Gasteiger partial charge is 0.224 e. The Bertz CT molecular complexity index is 796. The lowest BCUT2D eigenvalue weighted by Crippen LogP contribution is -2.26. The van der Waals surface area contributed by atoms with Crippen molar-refractivity contribution in [3.63, 3.8) is 0 Å². The first-order chi connectivity index (χ1) is 12.1. The molecule has 0 saturated carbocycles. The maximum absolute atomic E-state index is 12.2. The number of carbonyl (C=O) groups is 2. The molecule has 5 nitrogen and oxygen atoms in total. The Balaban J connectivity index is 1.54. The summed E-state index contributed by atoms with van der Waals surface area (Å²) in [4.78, 5) is 28.6. The second-order valence-corrected chi connectivity index (χ2v) is 7.00. The molecule has 0 aliphatic heterocycles. The Morgan fingerprint density at radius 2 is 2.08 bits per heavy atom. The Kier molecular flexibility index (Phi) is 5.71. The lowest BCUT2D eigenvalue weighted by molar-refractivity contribution is -0.122. The second kappa shape index (κ2) is 8.16. The number of carbonyl (C=O) groups excluding carboxylic acids is 2. The molecule has 1 aromatic carbocycles. The third-order valence-electron chi connectivity index (χ3n) is 4.19. The van der Waals surface area contributed by atoms with Gasteiger partial charge in [0.15, 0.2) is 10.9 Å². The van der Waals surface area contributed by atoms with Crippen LogP contribution in [0.5, 0.6) is 0 Å². The number of rotatable bonds is 7. The number of aryl methyl sites for hydroxylation is 1. The zero-order chi connectivity index (χ0) is 17.6. The molecule has 0 saturated heterocycles. The molecule has 0 unspecified atom stereocenters. The molecule has 130 valence electrons. The van der Waals surface area contributed by atoms with Crippen LogP contribution >= 0.6 is 11.8 Å². The number of Topliss-reactive ketones (excluding diaryl/α,β-unsaturated/α-hetero) is 1. The zero-order valence-electron chi connectivity index (χ0n) is 14.2. The number of thioether (sulfide) groups is 1. The van der Waals surface area contributed by atoms with Gasteiger partial charge in [0.25, 0.3) is 0 Å². The van der Waals surface area contributed by atoms with E-state index in [1.807, 2.05) is 48.1 Å². The molecule has 1 aliphatic carbocycles. The van der Waals surface area contributed by atoms with Gasteiger partial charge in [-0.2, -0.15) is 0 Å². The minimum atomic E-state index is -0.0980. The van der Waals surface area contributed by atoms with E-state index < -0.39 is 0 Å². The summed E-state index contributed by atoms with van der Waals surface area (Å²) in [6, 6.07) is 9.85. The SMILES string of the molecule is Cn1ccnc1SCCNC(=O)CC1=C(c2ccccc2)CCC1=O. The fourth-order valence-corrected chi connectivity index (χ4v) is 3.71. The number of aromatic nitrogens is 2. The lowest BCUT2D eigenvalue weighted by atomic mass is 10.00. The molecule has 0 radical (unpaired) electrons. The van der Waals surface area contributed by atoms with E-state index >= 15 is 0 Å². The monoisotopic (exact) mass is 355 g/mol. The second-order valence-electron chi connectivity index (χ2n) is 5.94. The number of imidazole rings is 1. The van der Waals surface area contributed by atoms with Crippen LogP contribution in [0.2, 0.25) is 0 Å². The third kappa shape index (κ3) is 4.39. The zero-order valence-corrected chi connectivity index (χ0v) is 15.0. The summed E-state index contributed by atoms with van der Waals surface area (Å²) in [6.07, 6.45) is 5.03. The number of amides is 1. The first kappa shape index (κ1) is 17.5. The van der Waals surface area contributed by atoms with Crippen molar-refractivity contribution >= 4 is 29.0 Å². The van der Waals surface area contributed by atoms with E-state index in [-0.39, 0.29) is 18.1 Å². The summed E-state index contributed by atoms with van der Waals surface area (Å²) in [7, 11) is 1.94. The fraction of sp³-hybridized carbons (Fsp3) is 0.316. The quantitative estimate of drug-likeness (QED) is 0.613. The van der Waals surface area contributed by atoms with Gasteiger partial charge in [-0.15, -0.1) is 0 Å². The van der Waals surface area contributed by atoms with E-state index in [9.17, 15) is 9.59 Å². The van der Waals surface area contributed by atoms with Gasteiger partial charge in [0.05, 0.1) is 6.42 Å². The highest BCUT2D eigenvalue weighted by atomic mass is 32.2. The van der Waals surface area contributed by atoms with Gasteiger partial charge in [-0.05, 0) is 17.6 Å². The average Bonchev–Trinajstić information content (AvgIpc) is 3.19. The van der Waals surface area contributed by atoms with E-state index in [0.29, 0.717) is 18.5 Å². The van der Waals surface area contributed by atoms with E-state index in [2.05, 4.69) is 10.3 Å². The molecule has 1 aromatic heterocycles. The minimum Gasteiger partial charge on any atom is -0.355 e. The van der Waals surface area contributed by atoms with Crippen LogP contribution in [0.1, 0.15) is 24.8 Å². The highest BCUT2D eigenvalue weighted by Crippen LogP contribution is 2.33. The standard InChI is InChI=1S/C19H21N3O2S/c1-22-11-9-21-19(22)25-12-10-20-18(24)13-16-15(7-8-17(16)23)14-5-3-2-4-6-14/h2-6,9,11H,7-8,10,12-13H2,1H3,(H,20,24). The average molecular weight is 355 g/mol. The summed E-state index contributed by atoms with van der Waals surface area (Å²) >= 11 is 1.59. The maximum Gasteiger partial charge on any atom is 0.224 e. The van der Waals surface area contributed by atoms with Crippen LogP contribution in [-0.4, -0.2) is 33.5 Å². The molecule has 0 fully saturated rings. The van der Waals surface area contributed by atoms with Gasteiger partial charge >= 0.3 is 0 Å². The maximum atomic E-state index is 12.2. The largest absolute Gasteiger partial charge is 0.355 e. The number of allylic oxidation sites excluding steroid dienone is 1. The van der Waals surface area contributed by atoms with Crippen molar-refractivity contribution in [3.8, 4) is 0 Å². The van der Waals surface area contributed by atoms with Gasteiger partial charge in [-0.1, -0.05) is 42.1 Å². The van der Waals surface area contributed by atoms with Gasteiger partial charge in [0.1, 0.15) is 0 Å². The number of nitrogens with zero attached hydrogens (tertiary/aromatic N) is 2. The van der Waals surface area contributed by atoms with Crippen molar-refractivity contribution in [2.75, 3.05) is 12.3 Å². The molecule has 1 heterocycles. The highest BCUT2D eigenvalue weighted by molar-refractivity contribution is 7.99. The van der Waals surface area contributed by atoms with Crippen LogP contribution in [0.15, 0.2) is 53.5 Å². The summed E-state index contributed by atoms with van der Waals surface area (Å²) < 4.78 is 1.95. The lowest BCUT2D eigenvalue weighted by Gasteiger charge is -2.08. The van der Waals surface area contributed by atoms with Crippen LogP contribution in [0.3, 0.4) is 0 Å². The molecular formula is C19H21N3O2S. The molecule has 0 atom stereocenters. The molecule has 3 rings (SSSR count). The first-order valence-corrected chi connectivity index (χ1v) is 9.31. The summed E-state index contributed by atoms with van der Waals surface area (Å²) in [5.41, 5.74) is 2.73. The van der Waals surface area contributed by atoms with Crippen molar-refractivity contribution in [2.45, 2.75) is 24.4 Å².